The average molecular weight is 534 g/mol. The van der Waals surface area contributed by atoms with Crippen LogP contribution < -0.4 is 9.64 Å². The molecule has 0 aromatic heterocycles. The Hall–Kier alpha value is -4.52. The molecule has 0 radical (unpaired) electrons. The molecule has 6 atom stereocenters. The molecule has 7 heteroatoms. The van der Waals surface area contributed by atoms with Crippen LogP contribution in [0.2, 0.25) is 0 Å². The largest absolute Gasteiger partial charge is 0.489 e. The van der Waals surface area contributed by atoms with Crippen molar-refractivity contribution >= 4 is 29.3 Å². The van der Waals surface area contributed by atoms with E-state index in [1.807, 2.05) is 30.3 Å². The van der Waals surface area contributed by atoms with Gasteiger partial charge < -0.3 is 9.47 Å². The third-order valence-electron chi connectivity index (χ3n) is 8.79. The number of carbonyl (C=O) groups excluding carboxylic acids is 4. The number of amides is 2. The molecule has 1 saturated heterocycles. The number of hydrogen-bond donors (Lipinski definition) is 0. The minimum Gasteiger partial charge on any atom is -0.489 e. The first kappa shape index (κ1) is 24.5. The number of ether oxygens (including phenoxy) is 2. The van der Waals surface area contributed by atoms with Crippen LogP contribution in [0.4, 0.5) is 5.69 Å². The van der Waals surface area contributed by atoms with Crippen LogP contribution in [0.25, 0.3) is 0 Å². The second kappa shape index (κ2) is 9.59. The lowest BCUT2D eigenvalue weighted by Crippen LogP contribution is -2.40. The molecule has 200 valence electrons. The smallest absolute Gasteiger partial charge is 0.340 e. The van der Waals surface area contributed by atoms with Crippen LogP contribution in [0, 0.1) is 35.5 Å². The Labute approximate surface area is 231 Å². The summed E-state index contributed by atoms with van der Waals surface area (Å²) in [6.07, 6.45) is 5.31. The van der Waals surface area contributed by atoms with E-state index in [9.17, 15) is 19.2 Å². The molecule has 3 aromatic rings. The van der Waals surface area contributed by atoms with Gasteiger partial charge in [-0.2, -0.15) is 0 Å². The molecule has 5 aliphatic rings. The van der Waals surface area contributed by atoms with Crippen LogP contribution in [0.15, 0.2) is 91.0 Å². The molecule has 3 aromatic carbocycles. The Morgan fingerprint density at radius 2 is 1.40 bits per heavy atom. The number of imide groups is 1. The molecular formula is C33H27NO6. The van der Waals surface area contributed by atoms with Crippen LogP contribution in [0.5, 0.6) is 5.75 Å². The van der Waals surface area contributed by atoms with Crippen LogP contribution in [0.1, 0.15) is 32.7 Å². The zero-order valence-corrected chi connectivity index (χ0v) is 21.6. The van der Waals surface area contributed by atoms with Gasteiger partial charge in [0.1, 0.15) is 12.4 Å². The minimum atomic E-state index is -0.758. The van der Waals surface area contributed by atoms with E-state index in [4.69, 9.17) is 9.47 Å². The number of para-hydroxylation sites is 1. The first-order chi connectivity index (χ1) is 19.5. The molecule has 4 aliphatic carbocycles. The summed E-state index contributed by atoms with van der Waals surface area (Å²) >= 11 is 0. The molecular weight excluding hydrogens is 506 g/mol. The van der Waals surface area contributed by atoms with Gasteiger partial charge in [-0.15, -0.1) is 0 Å². The standard InChI is InChI=1S/C33H27NO6/c35-28(20-10-12-21(13-11-20)39-17-19-6-2-1-3-7-19)18-40-33(38)24-8-4-5-9-27(24)34-31(36)29-22-14-15-23(26-16-25(22)26)30(29)32(34)37/h1-15,22-23,25-26,29-30H,16-18H2. The lowest BCUT2D eigenvalue weighted by molar-refractivity contribution is -0.124. The van der Waals surface area contributed by atoms with Gasteiger partial charge in [-0.25, -0.2) is 9.69 Å². The van der Waals surface area contributed by atoms with E-state index in [2.05, 4.69) is 12.2 Å². The quantitative estimate of drug-likeness (QED) is 0.178. The Morgan fingerprint density at radius 3 is 2.08 bits per heavy atom. The third-order valence-corrected chi connectivity index (χ3v) is 8.79. The Kier molecular flexibility index (Phi) is 5.88. The highest BCUT2D eigenvalue weighted by atomic mass is 16.5. The number of Topliss-reactive ketones (excluding diaryl/α,β-unsaturated/α-hetero) is 1. The number of anilines is 1. The first-order valence-corrected chi connectivity index (χ1v) is 13.6. The normalized spacial score (nSPS) is 27.2. The summed E-state index contributed by atoms with van der Waals surface area (Å²) in [7, 11) is 0. The second-order valence-corrected chi connectivity index (χ2v) is 11.0. The molecule has 2 saturated carbocycles. The zero-order chi connectivity index (χ0) is 27.4. The SMILES string of the molecule is O=C(COC(=O)c1ccccc1N1C(=O)C2C3C=CC(C4CC34)C2C1=O)c1ccc(OCc2ccccc2)cc1. The second-order valence-electron chi connectivity index (χ2n) is 11.0. The van der Waals surface area contributed by atoms with Crippen molar-refractivity contribution < 1.29 is 28.7 Å². The summed E-state index contributed by atoms with van der Waals surface area (Å²) in [5.74, 6) is -0.570. The molecule has 2 bridgehead atoms. The summed E-state index contributed by atoms with van der Waals surface area (Å²) in [6.45, 7) is -0.0599. The monoisotopic (exact) mass is 533 g/mol. The molecule has 6 unspecified atom stereocenters. The fourth-order valence-corrected chi connectivity index (χ4v) is 6.81. The summed E-state index contributed by atoms with van der Waals surface area (Å²) in [4.78, 5) is 54.1. The number of nitrogens with zero attached hydrogens (tertiary/aromatic N) is 1. The number of rotatable bonds is 8. The Balaban J connectivity index is 1.01. The molecule has 2 amide bonds. The minimum absolute atomic E-state index is 0.0887. The lowest BCUT2D eigenvalue weighted by atomic mass is 9.63. The summed E-state index contributed by atoms with van der Waals surface area (Å²) in [5, 5.41) is 0. The van der Waals surface area contributed by atoms with Crippen LogP contribution in [-0.2, 0) is 20.9 Å². The number of allylic oxidation sites excluding steroid dienone is 2. The predicted octanol–water partition coefficient (Wildman–Crippen LogP) is 4.86. The van der Waals surface area contributed by atoms with Gasteiger partial charge in [0.2, 0.25) is 11.8 Å². The maximum absolute atomic E-state index is 13.5. The van der Waals surface area contributed by atoms with Gasteiger partial charge in [-0.1, -0.05) is 54.6 Å². The molecule has 0 spiro atoms. The number of benzene rings is 3. The fraction of sp³-hybridized carbons (Fsp3) is 0.273. The van der Waals surface area contributed by atoms with Crippen molar-refractivity contribution in [3.05, 3.63) is 108 Å². The van der Waals surface area contributed by atoms with Crippen molar-refractivity contribution in [2.75, 3.05) is 11.5 Å². The fourth-order valence-electron chi connectivity index (χ4n) is 6.81. The van der Waals surface area contributed by atoms with Gasteiger partial charge >= 0.3 is 5.97 Å². The Bertz CT molecular complexity index is 1510. The lowest BCUT2D eigenvalue weighted by Gasteiger charge is -2.37. The number of esters is 1. The summed E-state index contributed by atoms with van der Waals surface area (Å²) in [5.41, 5.74) is 1.72. The molecule has 1 aliphatic heterocycles. The van der Waals surface area contributed by atoms with E-state index in [1.54, 1.807) is 42.5 Å². The zero-order valence-electron chi connectivity index (χ0n) is 21.6. The highest BCUT2D eigenvalue weighted by molar-refractivity contribution is 6.24. The van der Waals surface area contributed by atoms with Crippen molar-refractivity contribution in [1.82, 2.24) is 0 Å². The highest BCUT2D eigenvalue weighted by Crippen LogP contribution is 2.65. The predicted molar refractivity (Wildman–Crippen MR) is 145 cm³/mol. The topological polar surface area (TPSA) is 90.0 Å². The number of ketones is 1. The molecule has 3 fully saturated rings. The van der Waals surface area contributed by atoms with E-state index < -0.39 is 12.6 Å². The molecule has 1 heterocycles. The van der Waals surface area contributed by atoms with Gasteiger partial charge in [0.05, 0.1) is 23.1 Å². The number of carbonyl (C=O) groups is 4. The summed E-state index contributed by atoms with van der Waals surface area (Å²) in [6, 6.07) is 22.9. The molecule has 8 rings (SSSR count). The van der Waals surface area contributed by atoms with E-state index in [0.29, 0.717) is 29.8 Å². The van der Waals surface area contributed by atoms with Gasteiger partial charge in [-0.3, -0.25) is 14.4 Å². The molecule has 40 heavy (non-hydrogen) atoms. The molecule has 7 nitrogen and oxygen atoms in total. The number of hydrogen-bond acceptors (Lipinski definition) is 6. The van der Waals surface area contributed by atoms with Crippen LogP contribution in [-0.4, -0.2) is 30.2 Å². The van der Waals surface area contributed by atoms with Gasteiger partial charge in [0.25, 0.3) is 0 Å². The van der Waals surface area contributed by atoms with Gasteiger partial charge in [0, 0.05) is 5.56 Å². The van der Waals surface area contributed by atoms with Crippen molar-refractivity contribution in [1.29, 1.82) is 0 Å². The van der Waals surface area contributed by atoms with E-state index >= 15 is 0 Å². The maximum Gasteiger partial charge on any atom is 0.340 e. The van der Waals surface area contributed by atoms with Crippen molar-refractivity contribution in [2.24, 2.45) is 35.5 Å². The van der Waals surface area contributed by atoms with Gasteiger partial charge in [-0.05, 0) is 72.1 Å². The average Bonchev–Trinajstić information content (AvgIpc) is 3.78. The third kappa shape index (κ3) is 4.04. The van der Waals surface area contributed by atoms with Gasteiger partial charge in [0.15, 0.2) is 12.4 Å². The van der Waals surface area contributed by atoms with Crippen molar-refractivity contribution in [3.8, 4) is 5.75 Å². The molecule has 0 N–H and O–H groups in total. The van der Waals surface area contributed by atoms with Crippen LogP contribution in [0.3, 0.4) is 0 Å². The summed E-state index contributed by atoms with van der Waals surface area (Å²) < 4.78 is 11.1. The Morgan fingerprint density at radius 1 is 0.775 bits per heavy atom. The van der Waals surface area contributed by atoms with E-state index in [0.717, 1.165) is 12.0 Å². The van der Waals surface area contributed by atoms with E-state index in [-0.39, 0.29) is 52.5 Å². The highest BCUT2D eigenvalue weighted by Gasteiger charge is 2.67. The maximum atomic E-state index is 13.5. The van der Waals surface area contributed by atoms with E-state index in [1.165, 1.54) is 11.0 Å². The van der Waals surface area contributed by atoms with Crippen LogP contribution >= 0.6 is 0 Å². The first-order valence-electron chi connectivity index (χ1n) is 13.6. The van der Waals surface area contributed by atoms with Crippen molar-refractivity contribution in [2.45, 2.75) is 13.0 Å². The van der Waals surface area contributed by atoms with Crippen molar-refractivity contribution in [3.63, 3.8) is 0 Å².